The number of hydrogen-bond acceptors (Lipinski definition) is 2. The molecule has 1 unspecified atom stereocenters. The first-order valence-corrected chi connectivity index (χ1v) is 8.35. The summed E-state index contributed by atoms with van der Waals surface area (Å²) in [6.45, 7) is 6.08. The summed E-state index contributed by atoms with van der Waals surface area (Å²) in [4.78, 5) is 0.282. The minimum Gasteiger partial charge on any atom is -0.208 e. The van der Waals surface area contributed by atoms with E-state index < -0.39 is 10.0 Å². The van der Waals surface area contributed by atoms with Crippen molar-refractivity contribution in [2.24, 2.45) is 5.41 Å². The number of rotatable bonds is 3. The molecule has 1 aromatic carbocycles. The van der Waals surface area contributed by atoms with Gasteiger partial charge in [-0.3, -0.25) is 0 Å². The van der Waals surface area contributed by atoms with Crippen LogP contribution in [-0.2, 0) is 10.0 Å². The van der Waals surface area contributed by atoms with Gasteiger partial charge in [0.15, 0.2) is 0 Å². The lowest BCUT2D eigenvalue weighted by Crippen LogP contribution is -2.33. The van der Waals surface area contributed by atoms with E-state index in [1.54, 1.807) is 25.1 Å². The van der Waals surface area contributed by atoms with Crippen molar-refractivity contribution >= 4 is 21.6 Å². The van der Waals surface area contributed by atoms with Crippen LogP contribution in [0.25, 0.3) is 0 Å². The summed E-state index contributed by atoms with van der Waals surface area (Å²) < 4.78 is 27.6. The topological polar surface area (TPSA) is 46.2 Å². The van der Waals surface area contributed by atoms with E-state index in [0.717, 1.165) is 19.3 Å². The molecular formula is C14H20ClNO2S. The summed E-state index contributed by atoms with van der Waals surface area (Å²) in [7, 11) is -3.48. The predicted molar refractivity (Wildman–Crippen MR) is 77.9 cm³/mol. The van der Waals surface area contributed by atoms with Gasteiger partial charge >= 0.3 is 0 Å². The van der Waals surface area contributed by atoms with E-state index in [-0.39, 0.29) is 16.4 Å². The zero-order valence-electron chi connectivity index (χ0n) is 11.5. The van der Waals surface area contributed by atoms with Gasteiger partial charge in [-0.2, -0.15) is 0 Å². The van der Waals surface area contributed by atoms with E-state index in [2.05, 4.69) is 18.6 Å². The summed E-state index contributed by atoms with van der Waals surface area (Å²) in [5, 5.41) is 0.481. The first-order valence-electron chi connectivity index (χ1n) is 6.49. The second-order valence-corrected chi connectivity index (χ2v) is 8.18. The molecule has 0 radical (unpaired) electrons. The molecule has 0 amide bonds. The van der Waals surface area contributed by atoms with Crippen LogP contribution in [0.15, 0.2) is 23.1 Å². The molecule has 0 spiro atoms. The molecule has 1 saturated carbocycles. The maximum atomic E-state index is 12.4. The normalized spacial score (nSPS) is 22.6. The number of nitrogens with one attached hydrogen (secondary N) is 1. The highest BCUT2D eigenvalue weighted by Gasteiger charge is 2.33. The third-order valence-electron chi connectivity index (χ3n) is 3.80. The fourth-order valence-electron chi connectivity index (χ4n) is 2.70. The lowest BCUT2D eigenvalue weighted by Gasteiger charge is -2.18. The molecule has 1 atom stereocenters. The second kappa shape index (κ2) is 5.08. The van der Waals surface area contributed by atoms with Crippen molar-refractivity contribution in [1.82, 2.24) is 4.72 Å². The van der Waals surface area contributed by atoms with Crippen LogP contribution in [-0.4, -0.2) is 14.5 Å². The van der Waals surface area contributed by atoms with Crippen LogP contribution in [0.2, 0.25) is 5.02 Å². The van der Waals surface area contributed by atoms with Crippen molar-refractivity contribution in [2.75, 3.05) is 0 Å². The smallest absolute Gasteiger partial charge is 0.208 e. The molecule has 1 aliphatic rings. The molecular weight excluding hydrogens is 282 g/mol. The van der Waals surface area contributed by atoms with Gasteiger partial charge in [-0.1, -0.05) is 31.5 Å². The largest absolute Gasteiger partial charge is 0.241 e. The molecule has 5 heteroatoms. The molecule has 0 saturated heterocycles. The van der Waals surface area contributed by atoms with Crippen LogP contribution in [0.4, 0.5) is 0 Å². The zero-order valence-corrected chi connectivity index (χ0v) is 13.1. The molecule has 106 valence electrons. The van der Waals surface area contributed by atoms with E-state index >= 15 is 0 Å². The number of halogens is 1. The van der Waals surface area contributed by atoms with E-state index in [0.29, 0.717) is 10.6 Å². The Kier molecular flexibility index (Phi) is 3.96. The quantitative estimate of drug-likeness (QED) is 0.928. The van der Waals surface area contributed by atoms with Crippen LogP contribution in [0.3, 0.4) is 0 Å². The van der Waals surface area contributed by atoms with Crippen LogP contribution >= 0.6 is 11.6 Å². The molecule has 3 nitrogen and oxygen atoms in total. The molecule has 0 heterocycles. The highest BCUT2D eigenvalue weighted by Crippen LogP contribution is 2.37. The third-order valence-corrected chi connectivity index (χ3v) is 5.87. The van der Waals surface area contributed by atoms with Gasteiger partial charge < -0.3 is 0 Å². The van der Waals surface area contributed by atoms with Gasteiger partial charge in [-0.05, 0) is 49.3 Å². The van der Waals surface area contributed by atoms with Gasteiger partial charge in [0.1, 0.15) is 0 Å². The van der Waals surface area contributed by atoms with Crippen molar-refractivity contribution in [1.29, 1.82) is 0 Å². The first kappa shape index (κ1) is 14.8. The Balaban J connectivity index is 2.22. The Morgan fingerprint density at radius 2 is 2.05 bits per heavy atom. The molecule has 1 aliphatic carbocycles. The summed E-state index contributed by atoms with van der Waals surface area (Å²) in [6.07, 6.45) is 2.83. The fraction of sp³-hybridized carbons (Fsp3) is 0.571. The van der Waals surface area contributed by atoms with E-state index in [9.17, 15) is 8.42 Å². The summed E-state index contributed by atoms with van der Waals surface area (Å²) in [5.41, 5.74) is 0.824. The van der Waals surface area contributed by atoms with E-state index in [1.165, 1.54) is 0 Å². The van der Waals surface area contributed by atoms with Crippen LogP contribution in [0, 0.1) is 12.3 Å². The molecule has 0 aromatic heterocycles. The highest BCUT2D eigenvalue weighted by atomic mass is 35.5. The van der Waals surface area contributed by atoms with Crippen molar-refractivity contribution in [3.63, 3.8) is 0 Å². The maximum absolute atomic E-state index is 12.4. The fourth-order valence-corrected chi connectivity index (χ4v) is 4.47. The molecule has 1 aromatic rings. The lowest BCUT2D eigenvalue weighted by molar-refractivity contribution is 0.372. The maximum Gasteiger partial charge on any atom is 0.241 e. The standard InChI is InChI=1S/C14H20ClNO2S/c1-10-12(15)5-4-6-13(10)19(17,18)16-11-7-8-14(2,3)9-11/h4-6,11,16H,7-9H2,1-3H3. The summed E-state index contributed by atoms with van der Waals surface area (Å²) in [6, 6.07) is 5.00. The molecule has 1 N–H and O–H groups in total. The molecule has 19 heavy (non-hydrogen) atoms. The molecule has 0 aliphatic heterocycles. The highest BCUT2D eigenvalue weighted by molar-refractivity contribution is 7.89. The average molecular weight is 302 g/mol. The molecule has 0 bridgehead atoms. The van der Waals surface area contributed by atoms with Crippen LogP contribution in [0.1, 0.15) is 38.7 Å². The van der Waals surface area contributed by atoms with Crippen LogP contribution in [0.5, 0.6) is 0 Å². The van der Waals surface area contributed by atoms with Crippen molar-refractivity contribution < 1.29 is 8.42 Å². The minimum atomic E-state index is -3.48. The van der Waals surface area contributed by atoms with Gasteiger partial charge in [-0.15, -0.1) is 0 Å². The Morgan fingerprint density at radius 3 is 2.63 bits per heavy atom. The summed E-state index contributed by atoms with van der Waals surface area (Å²) >= 11 is 5.99. The number of hydrogen-bond donors (Lipinski definition) is 1. The van der Waals surface area contributed by atoms with Gasteiger partial charge in [0.2, 0.25) is 10.0 Å². The number of benzene rings is 1. The molecule has 1 fully saturated rings. The third kappa shape index (κ3) is 3.30. The first-order chi connectivity index (χ1) is 8.71. The Hall–Kier alpha value is -0.580. The minimum absolute atomic E-state index is 0.0263. The van der Waals surface area contributed by atoms with Gasteiger partial charge in [0, 0.05) is 11.1 Å². The Bertz CT molecular complexity index is 581. The van der Waals surface area contributed by atoms with Gasteiger partial charge in [-0.25, -0.2) is 13.1 Å². The molecule has 2 rings (SSSR count). The monoisotopic (exact) mass is 301 g/mol. The summed E-state index contributed by atoms with van der Waals surface area (Å²) in [5.74, 6) is 0. The zero-order chi connectivity index (χ0) is 14.3. The van der Waals surface area contributed by atoms with E-state index in [1.807, 2.05) is 0 Å². The van der Waals surface area contributed by atoms with Crippen molar-refractivity contribution in [2.45, 2.75) is 51.0 Å². The Morgan fingerprint density at radius 1 is 1.37 bits per heavy atom. The SMILES string of the molecule is Cc1c(Cl)cccc1S(=O)(=O)NC1CCC(C)(C)C1. The van der Waals surface area contributed by atoms with Gasteiger partial charge in [0.25, 0.3) is 0 Å². The lowest BCUT2D eigenvalue weighted by atomic mass is 9.92. The Labute approximate surface area is 120 Å². The predicted octanol–water partition coefficient (Wildman–Crippen LogP) is 3.51. The number of sulfonamides is 1. The van der Waals surface area contributed by atoms with Crippen LogP contribution < -0.4 is 4.72 Å². The van der Waals surface area contributed by atoms with Gasteiger partial charge in [0.05, 0.1) is 4.90 Å². The second-order valence-electron chi connectivity index (χ2n) is 6.09. The van der Waals surface area contributed by atoms with Crippen molar-refractivity contribution in [3.05, 3.63) is 28.8 Å². The van der Waals surface area contributed by atoms with Crippen molar-refractivity contribution in [3.8, 4) is 0 Å². The average Bonchev–Trinajstić information content (AvgIpc) is 2.61. The van der Waals surface area contributed by atoms with E-state index in [4.69, 9.17) is 11.6 Å².